The molecule has 0 aliphatic rings. The lowest BCUT2D eigenvalue weighted by Gasteiger charge is -2.15. The number of thiophene rings is 1. The van der Waals surface area contributed by atoms with Gasteiger partial charge in [0, 0.05) is 16.9 Å². The van der Waals surface area contributed by atoms with Crippen molar-refractivity contribution >= 4 is 17.3 Å². The third kappa shape index (κ3) is 4.45. The zero-order chi connectivity index (χ0) is 20.3. The molecule has 3 aromatic rings. The summed E-state index contributed by atoms with van der Waals surface area (Å²) in [6.07, 6.45) is 0.692. The van der Waals surface area contributed by atoms with Gasteiger partial charge in [-0.2, -0.15) is 0 Å². The summed E-state index contributed by atoms with van der Waals surface area (Å²) in [5, 5.41) is 11.1. The number of carbonyl (C=O) groups is 1. The molecular weight excluding hydrogens is 368 g/mol. The fraction of sp³-hybridized carbons (Fsp3) is 0.292. The topological polar surface area (TPSA) is 46.5 Å². The van der Waals surface area contributed by atoms with Crippen LogP contribution in [0.15, 0.2) is 41.8 Å². The van der Waals surface area contributed by atoms with Crippen LogP contribution < -0.4 is 4.74 Å². The van der Waals surface area contributed by atoms with Gasteiger partial charge in [0.15, 0.2) is 0 Å². The Hall–Kier alpha value is -2.59. The maximum absolute atomic E-state index is 10.8. The molecule has 0 atom stereocenters. The molecule has 0 aliphatic carbocycles. The Balaban J connectivity index is 1.79. The van der Waals surface area contributed by atoms with Crippen LogP contribution in [0.4, 0.5) is 0 Å². The Bertz CT molecular complexity index is 984. The van der Waals surface area contributed by atoms with E-state index in [9.17, 15) is 4.79 Å². The van der Waals surface area contributed by atoms with Gasteiger partial charge in [0.2, 0.25) is 0 Å². The first-order valence-electron chi connectivity index (χ1n) is 9.44. The lowest BCUT2D eigenvalue weighted by Crippen LogP contribution is -2.03. The molecule has 0 fully saturated rings. The third-order valence-electron chi connectivity index (χ3n) is 5.30. The van der Waals surface area contributed by atoms with E-state index in [-0.39, 0.29) is 6.42 Å². The lowest BCUT2D eigenvalue weighted by atomic mass is 9.98. The second-order valence-electron chi connectivity index (χ2n) is 7.21. The molecule has 4 heteroatoms. The van der Waals surface area contributed by atoms with E-state index in [0.29, 0.717) is 13.0 Å². The first kappa shape index (κ1) is 20.2. The van der Waals surface area contributed by atoms with Gasteiger partial charge in [-0.15, -0.1) is 11.3 Å². The molecule has 28 heavy (non-hydrogen) atoms. The average Bonchev–Trinajstić information content (AvgIpc) is 3.03. The molecule has 1 heterocycles. The molecular formula is C24H26O3S. The molecule has 146 valence electrons. The number of hydrogen-bond donors (Lipinski definition) is 1. The molecule has 0 amide bonds. The molecule has 1 aromatic heterocycles. The van der Waals surface area contributed by atoms with Crippen LogP contribution in [0, 0.1) is 27.7 Å². The maximum Gasteiger partial charge on any atom is 0.303 e. The highest BCUT2D eigenvalue weighted by molar-refractivity contribution is 7.10. The van der Waals surface area contributed by atoms with Crippen molar-refractivity contribution in [3.63, 3.8) is 0 Å². The van der Waals surface area contributed by atoms with Crippen LogP contribution in [-0.2, 0) is 17.8 Å². The van der Waals surface area contributed by atoms with E-state index in [1.165, 1.54) is 27.1 Å². The number of hydrogen-bond acceptors (Lipinski definition) is 3. The zero-order valence-corrected chi connectivity index (χ0v) is 17.7. The van der Waals surface area contributed by atoms with E-state index in [1.807, 2.05) is 26.0 Å². The summed E-state index contributed by atoms with van der Waals surface area (Å²) in [5.41, 5.74) is 8.18. The van der Waals surface area contributed by atoms with Crippen LogP contribution in [0.1, 0.15) is 39.1 Å². The van der Waals surface area contributed by atoms with Gasteiger partial charge in [0.1, 0.15) is 12.4 Å². The van der Waals surface area contributed by atoms with Gasteiger partial charge in [-0.25, -0.2) is 0 Å². The highest BCUT2D eigenvalue weighted by Gasteiger charge is 2.14. The van der Waals surface area contributed by atoms with E-state index in [1.54, 1.807) is 11.3 Å². The van der Waals surface area contributed by atoms with Crippen LogP contribution in [0.5, 0.6) is 5.75 Å². The summed E-state index contributed by atoms with van der Waals surface area (Å²) >= 11 is 1.75. The van der Waals surface area contributed by atoms with E-state index >= 15 is 0 Å². The van der Waals surface area contributed by atoms with Crippen molar-refractivity contribution in [2.45, 2.75) is 47.1 Å². The van der Waals surface area contributed by atoms with Crippen molar-refractivity contribution in [1.29, 1.82) is 0 Å². The highest BCUT2D eigenvalue weighted by atomic mass is 32.1. The fourth-order valence-electron chi connectivity index (χ4n) is 3.30. The van der Waals surface area contributed by atoms with Crippen molar-refractivity contribution in [2.75, 3.05) is 0 Å². The van der Waals surface area contributed by atoms with Gasteiger partial charge in [0.05, 0.1) is 0 Å². The summed E-state index contributed by atoms with van der Waals surface area (Å²) in [4.78, 5) is 12.1. The Morgan fingerprint density at radius 3 is 2.39 bits per heavy atom. The molecule has 0 radical (unpaired) electrons. The number of rotatable bonds is 7. The van der Waals surface area contributed by atoms with Crippen LogP contribution in [0.3, 0.4) is 0 Å². The van der Waals surface area contributed by atoms with E-state index in [0.717, 1.165) is 22.4 Å². The zero-order valence-electron chi connectivity index (χ0n) is 16.8. The van der Waals surface area contributed by atoms with Gasteiger partial charge in [-0.3, -0.25) is 4.79 Å². The summed E-state index contributed by atoms with van der Waals surface area (Å²) in [7, 11) is 0. The fourth-order valence-corrected chi connectivity index (χ4v) is 4.19. The van der Waals surface area contributed by atoms with Crippen molar-refractivity contribution in [3.05, 3.63) is 74.5 Å². The molecule has 0 saturated heterocycles. The van der Waals surface area contributed by atoms with Crippen molar-refractivity contribution in [3.8, 4) is 16.9 Å². The molecule has 0 bridgehead atoms. The minimum atomic E-state index is -0.769. The Labute approximate surface area is 170 Å². The molecule has 3 rings (SSSR count). The lowest BCUT2D eigenvalue weighted by molar-refractivity contribution is -0.136. The Morgan fingerprint density at radius 1 is 1.00 bits per heavy atom. The molecule has 0 saturated carbocycles. The summed E-state index contributed by atoms with van der Waals surface area (Å²) < 4.78 is 6.20. The second-order valence-corrected chi connectivity index (χ2v) is 8.29. The van der Waals surface area contributed by atoms with Crippen molar-refractivity contribution in [1.82, 2.24) is 0 Å². The van der Waals surface area contributed by atoms with Crippen LogP contribution in [0.25, 0.3) is 11.1 Å². The minimum absolute atomic E-state index is 0.147. The van der Waals surface area contributed by atoms with Gasteiger partial charge in [-0.1, -0.05) is 35.9 Å². The first-order valence-corrected chi connectivity index (χ1v) is 10.3. The van der Waals surface area contributed by atoms with E-state index < -0.39 is 5.97 Å². The van der Waals surface area contributed by atoms with E-state index in [4.69, 9.17) is 9.84 Å². The Kier molecular flexibility index (Phi) is 6.20. The van der Waals surface area contributed by atoms with Crippen molar-refractivity contribution in [2.24, 2.45) is 0 Å². The molecule has 0 spiro atoms. The number of benzene rings is 2. The van der Waals surface area contributed by atoms with Gasteiger partial charge in [0.25, 0.3) is 0 Å². The summed E-state index contributed by atoms with van der Waals surface area (Å²) in [6, 6.07) is 12.5. The number of carboxylic acid groups (broad SMARTS) is 1. The predicted octanol–water partition coefficient (Wildman–Crippen LogP) is 6.24. The van der Waals surface area contributed by atoms with Crippen molar-refractivity contribution < 1.29 is 14.6 Å². The molecule has 0 unspecified atom stereocenters. The van der Waals surface area contributed by atoms with Crippen LogP contribution in [0.2, 0.25) is 0 Å². The monoisotopic (exact) mass is 394 g/mol. The minimum Gasteiger partial charge on any atom is -0.489 e. The first-order chi connectivity index (χ1) is 13.4. The molecule has 1 N–H and O–H groups in total. The predicted molar refractivity (Wildman–Crippen MR) is 115 cm³/mol. The van der Waals surface area contributed by atoms with Gasteiger partial charge >= 0.3 is 5.97 Å². The van der Waals surface area contributed by atoms with Gasteiger partial charge in [-0.05, 0) is 73.4 Å². The van der Waals surface area contributed by atoms with Crippen LogP contribution in [-0.4, -0.2) is 11.1 Å². The number of aliphatic carboxylic acids is 1. The number of aryl methyl sites for hydroxylation is 3. The smallest absolute Gasteiger partial charge is 0.303 e. The molecule has 3 nitrogen and oxygen atoms in total. The SMILES string of the molecule is Cc1ccc(-c2csc(C)c2COc2ccc(CCC(=O)O)c(C)c2C)cc1. The number of ether oxygens (including phenoxy) is 1. The summed E-state index contributed by atoms with van der Waals surface area (Å²) in [5.74, 6) is 0.0889. The highest BCUT2D eigenvalue weighted by Crippen LogP contribution is 2.33. The van der Waals surface area contributed by atoms with Gasteiger partial charge < -0.3 is 9.84 Å². The maximum atomic E-state index is 10.8. The average molecular weight is 395 g/mol. The standard InChI is InChI=1S/C24H26O3S/c1-15-5-7-20(8-6-15)22-14-28-18(4)21(22)13-27-23-11-9-19(10-12-24(25)26)16(2)17(23)3/h5-9,11,14H,10,12-13H2,1-4H3,(H,25,26). The molecule has 2 aromatic carbocycles. The molecule has 0 aliphatic heterocycles. The second kappa shape index (κ2) is 8.61. The summed E-state index contributed by atoms with van der Waals surface area (Å²) in [6.45, 7) is 8.82. The largest absolute Gasteiger partial charge is 0.489 e. The quantitative estimate of drug-likeness (QED) is 0.515. The van der Waals surface area contributed by atoms with Crippen LogP contribution >= 0.6 is 11.3 Å². The Morgan fingerprint density at radius 2 is 1.71 bits per heavy atom. The normalized spacial score (nSPS) is 10.9. The third-order valence-corrected chi connectivity index (χ3v) is 6.25. The van der Waals surface area contributed by atoms with E-state index in [2.05, 4.69) is 43.5 Å². The number of carboxylic acids is 1.